The third-order valence-electron chi connectivity index (χ3n) is 5.50. The maximum Gasteiger partial charge on any atom is 0.278 e. The Morgan fingerprint density at radius 2 is 2.07 bits per heavy atom. The predicted octanol–water partition coefficient (Wildman–Crippen LogP) is 5.17. The fourth-order valence-electron chi connectivity index (χ4n) is 3.68. The Kier molecular flexibility index (Phi) is 5.37. The number of hydrogen-bond donors (Lipinski definition) is 1. The van der Waals surface area contributed by atoms with Crippen molar-refractivity contribution in [2.45, 2.75) is 55.5 Å². The minimum Gasteiger partial charge on any atom is -0.410 e. The summed E-state index contributed by atoms with van der Waals surface area (Å²) in [5.74, 6) is 0.746. The lowest BCUT2D eigenvalue weighted by molar-refractivity contribution is -0.120. The molecule has 2 heterocycles. The molecule has 2 aromatic heterocycles. The Balaban J connectivity index is 1.37. The van der Waals surface area contributed by atoms with Crippen LogP contribution in [0.2, 0.25) is 0 Å². The Bertz CT molecular complexity index is 1060. The van der Waals surface area contributed by atoms with E-state index < -0.39 is 5.25 Å². The molecule has 156 valence electrons. The van der Waals surface area contributed by atoms with E-state index in [0.29, 0.717) is 22.6 Å². The van der Waals surface area contributed by atoms with E-state index in [1.165, 1.54) is 40.8 Å². The minimum atomic E-state index is -0.572. The number of amides is 1. The second-order valence-electron chi connectivity index (χ2n) is 8.11. The molecule has 0 spiro atoms. The number of nitrogens with zero attached hydrogens (tertiary/aromatic N) is 2. The molecule has 0 aliphatic heterocycles. The summed E-state index contributed by atoms with van der Waals surface area (Å²) in [4.78, 5) is 15.2. The molecule has 2 unspecified atom stereocenters. The van der Waals surface area contributed by atoms with Crippen molar-refractivity contribution < 1.29 is 13.6 Å². The number of nitrogens with one attached hydrogen (secondary N) is 1. The van der Waals surface area contributed by atoms with Crippen molar-refractivity contribution >= 4 is 29.0 Å². The van der Waals surface area contributed by atoms with Crippen LogP contribution in [0.3, 0.4) is 0 Å². The van der Waals surface area contributed by atoms with Gasteiger partial charge >= 0.3 is 0 Å². The fraction of sp³-hybridized carbons (Fsp3) is 0.409. The molecular formula is C22H22FN3O2S2. The highest BCUT2D eigenvalue weighted by Gasteiger charge is 2.31. The highest BCUT2D eigenvalue weighted by Crippen LogP contribution is 2.40. The van der Waals surface area contributed by atoms with E-state index in [1.807, 2.05) is 0 Å². The summed E-state index contributed by atoms with van der Waals surface area (Å²) in [6.45, 7) is 2.28. The van der Waals surface area contributed by atoms with Gasteiger partial charge in [0.15, 0.2) is 0 Å². The summed E-state index contributed by atoms with van der Waals surface area (Å²) in [5.41, 5.74) is 2.09. The van der Waals surface area contributed by atoms with Gasteiger partial charge in [0.05, 0.1) is 4.88 Å². The van der Waals surface area contributed by atoms with Gasteiger partial charge in [-0.15, -0.1) is 21.5 Å². The number of thioether (sulfide) groups is 1. The fourth-order valence-corrected chi connectivity index (χ4v) is 5.70. The molecule has 1 N–H and O–H groups in total. The van der Waals surface area contributed by atoms with Gasteiger partial charge in [-0.1, -0.05) is 19.1 Å². The van der Waals surface area contributed by atoms with Crippen LogP contribution in [-0.4, -0.2) is 22.1 Å². The molecule has 0 radical (unpaired) electrons. The number of aryl methyl sites for hydroxylation is 1. The second-order valence-corrected chi connectivity index (χ2v) is 10.3. The van der Waals surface area contributed by atoms with E-state index in [1.54, 1.807) is 23.5 Å². The Hall–Kier alpha value is -2.19. The van der Waals surface area contributed by atoms with Crippen LogP contribution < -0.4 is 5.32 Å². The molecular weight excluding hydrogens is 421 g/mol. The summed E-state index contributed by atoms with van der Waals surface area (Å²) in [7, 11) is 0. The topological polar surface area (TPSA) is 68.0 Å². The number of hydrogen-bond acceptors (Lipinski definition) is 6. The average Bonchev–Trinajstić information content (AvgIpc) is 3.25. The van der Waals surface area contributed by atoms with Crippen molar-refractivity contribution in [1.29, 1.82) is 0 Å². The first kappa shape index (κ1) is 19.8. The Labute approximate surface area is 182 Å². The van der Waals surface area contributed by atoms with Gasteiger partial charge in [0.1, 0.15) is 11.1 Å². The van der Waals surface area contributed by atoms with Crippen LogP contribution in [-0.2, 0) is 17.6 Å². The van der Waals surface area contributed by atoms with Crippen LogP contribution >= 0.6 is 23.1 Å². The molecule has 1 aromatic carbocycles. The van der Waals surface area contributed by atoms with Crippen LogP contribution in [0.5, 0.6) is 0 Å². The van der Waals surface area contributed by atoms with Gasteiger partial charge in [-0.2, -0.15) is 0 Å². The van der Waals surface area contributed by atoms with Gasteiger partial charge in [0.2, 0.25) is 5.91 Å². The molecule has 1 fully saturated rings. The summed E-state index contributed by atoms with van der Waals surface area (Å²) in [5, 5.41) is 11.2. The largest absolute Gasteiger partial charge is 0.410 e. The summed E-state index contributed by atoms with van der Waals surface area (Å²) in [6.07, 6.45) is 5.41. The normalized spacial score (nSPS) is 19.3. The quantitative estimate of drug-likeness (QED) is 0.532. The monoisotopic (exact) mass is 443 g/mol. The van der Waals surface area contributed by atoms with Gasteiger partial charge < -0.3 is 9.73 Å². The predicted molar refractivity (Wildman–Crippen MR) is 115 cm³/mol. The molecule has 1 saturated carbocycles. The molecule has 0 bridgehead atoms. The van der Waals surface area contributed by atoms with Gasteiger partial charge in [-0.25, -0.2) is 4.39 Å². The van der Waals surface area contributed by atoms with Crippen LogP contribution in [0.1, 0.15) is 47.4 Å². The molecule has 8 heteroatoms. The smallest absolute Gasteiger partial charge is 0.278 e. The average molecular weight is 444 g/mol. The number of aromatic nitrogens is 2. The first-order valence-electron chi connectivity index (χ1n) is 10.2. The first-order valence-corrected chi connectivity index (χ1v) is 11.9. The first-order chi connectivity index (χ1) is 14.5. The highest BCUT2D eigenvalue weighted by molar-refractivity contribution is 8.00. The van der Waals surface area contributed by atoms with Gasteiger partial charge in [0, 0.05) is 10.9 Å². The van der Waals surface area contributed by atoms with Crippen molar-refractivity contribution in [3.63, 3.8) is 0 Å². The van der Waals surface area contributed by atoms with E-state index in [2.05, 4.69) is 28.5 Å². The lowest BCUT2D eigenvalue weighted by Crippen LogP contribution is -2.29. The van der Waals surface area contributed by atoms with Crippen molar-refractivity contribution in [1.82, 2.24) is 15.5 Å². The lowest BCUT2D eigenvalue weighted by atomic mass is 9.90. The second kappa shape index (κ2) is 8.15. The molecule has 1 amide bonds. The van der Waals surface area contributed by atoms with E-state index in [0.717, 1.165) is 30.6 Å². The van der Waals surface area contributed by atoms with Crippen molar-refractivity contribution in [3.8, 4) is 10.8 Å². The van der Waals surface area contributed by atoms with Gasteiger partial charge in [-0.3, -0.25) is 4.79 Å². The van der Waals surface area contributed by atoms with E-state index in [4.69, 9.17) is 4.42 Å². The molecule has 0 saturated heterocycles. The van der Waals surface area contributed by atoms with Crippen LogP contribution in [0.4, 0.5) is 4.39 Å². The van der Waals surface area contributed by atoms with Crippen LogP contribution in [0, 0.1) is 11.7 Å². The van der Waals surface area contributed by atoms with Gasteiger partial charge in [-0.05, 0) is 79.1 Å². The van der Waals surface area contributed by atoms with Crippen LogP contribution in [0.15, 0.2) is 40.0 Å². The van der Waals surface area contributed by atoms with Crippen LogP contribution in [0.25, 0.3) is 10.8 Å². The van der Waals surface area contributed by atoms with E-state index >= 15 is 0 Å². The minimum absolute atomic E-state index is 0.116. The number of rotatable bonds is 6. The Morgan fingerprint density at radius 3 is 2.83 bits per heavy atom. The number of halogens is 1. The van der Waals surface area contributed by atoms with E-state index in [-0.39, 0.29) is 17.8 Å². The maximum absolute atomic E-state index is 13.4. The standard InChI is InChI=1S/C22H22FN3O2S2/c1-12-2-9-17-14(10-12)11-18(29-17)21-25-26-22(28-21)30-19(20(27)24-16-7-8-16)13-3-5-15(23)6-4-13/h3-6,11-12,16,19H,2,7-10H2,1H3,(H,24,27). The Morgan fingerprint density at radius 1 is 1.27 bits per heavy atom. The summed E-state index contributed by atoms with van der Waals surface area (Å²) < 4.78 is 19.3. The zero-order valence-electron chi connectivity index (χ0n) is 16.6. The van der Waals surface area contributed by atoms with Crippen molar-refractivity contribution in [2.75, 3.05) is 0 Å². The van der Waals surface area contributed by atoms with E-state index in [9.17, 15) is 9.18 Å². The molecule has 3 aromatic rings. The highest BCUT2D eigenvalue weighted by atomic mass is 32.2. The van der Waals surface area contributed by atoms with Crippen molar-refractivity contribution in [3.05, 3.63) is 52.2 Å². The molecule has 2 aliphatic rings. The third-order valence-corrected chi connectivity index (χ3v) is 7.81. The lowest BCUT2D eigenvalue weighted by Gasteiger charge is -2.16. The van der Waals surface area contributed by atoms with Crippen molar-refractivity contribution in [2.24, 2.45) is 5.92 Å². The third kappa shape index (κ3) is 4.30. The number of carbonyl (C=O) groups is 1. The summed E-state index contributed by atoms with van der Waals surface area (Å²) in [6, 6.07) is 8.39. The number of fused-ring (bicyclic) bond motifs is 1. The zero-order chi connectivity index (χ0) is 20.7. The molecule has 2 atom stereocenters. The molecule has 5 nitrogen and oxygen atoms in total. The summed E-state index contributed by atoms with van der Waals surface area (Å²) >= 11 is 2.92. The maximum atomic E-state index is 13.4. The molecule has 30 heavy (non-hydrogen) atoms. The molecule has 5 rings (SSSR count). The van der Waals surface area contributed by atoms with Gasteiger partial charge in [0.25, 0.3) is 11.1 Å². The number of benzene rings is 1. The SMILES string of the molecule is CC1CCc2sc(-c3nnc(SC(C(=O)NC4CC4)c4ccc(F)cc4)o3)cc2C1. The number of thiophene rings is 1. The zero-order valence-corrected chi connectivity index (χ0v) is 18.2. The molecule has 2 aliphatic carbocycles. The number of carbonyl (C=O) groups excluding carboxylic acids is 1.